The quantitative estimate of drug-likeness (QED) is 0.650. The molecule has 0 aliphatic heterocycles. The molecule has 2 N–H and O–H groups in total. The number of rotatable bonds is 4. The first-order valence-corrected chi connectivity index (χ1v) is 6.31. The Hall–Kier alpha value is -1.91. The Balaban J connectivity index is 3.50. The van der Waals surface area contributed by atoms with Gasteiger partial charge in [0.2, 0.25) is 0 Å². The van der Waals surface area contributed by atoms with Crippen molar-refractivity contribution in [2.45, 2.75) is 31.2 Å². The number of esters is 1. The van der Waals surface area contributed by atoms with E-state index in [2.05, 4.69) is 4.74 Å². The van der Waals surface area contributed by atoms with Crippen LogP contribution < -0.4 is 5.73 Å². The third-order valence-corrected chi connectivity index (χ3v) is 2.96. The second kappa shape index (κ2) is 6.54. The third kappa shape index (κ3) is 4.13. The van der Waals surface area contributed by atoms with Gasteiger partial charge in [-0.05, 0) is 30.7 Å². The fourth-order valence-corrected chi connectivity index (χ4v) is 1.80. The molecule has 0 amide bonds. The van der Waals surface area contributed by atoms with Crippen molar-refractivity contribution in [3.05, 3.63) is 34.9 Å². The second-order valence-corrected chi connectivity index (χ2v) is 4.62. The fourth-order valence-electron chi connectivity index (χ4n) is 1.80. The van der Waals surface area contributed by atoms with Gasteiger partial charge in [-0.1, -0.05) is 0 Å². The topological polar surface area (TPSA) is 52.3 Å². The molecular weight excluding hydrogens is 354 g/mol. The largest absolute Gasteiger partial charge is 0.462 e. The predicted molar refractivity (Wildman–Crippen MR) is 65.0 cm³/mol. The van der Waals surface area contributed by atoms with Crippen LogP contribution in [-0.2, 0) is 21.9 Å². The summed E-state index contributed by atoms with van der Waals surface area (Å²) >= 11 is 0. The summed E-state index contributed by atoms with van der Waals surface area (Å²) in [6, 6.07) is -3.06. The number of benzene rings is 1. The van der Waals surface area contributed by atoms with Crippen LogP contribution in [-0.4, -0.2) is 18.5 Å². The van der Waals surface area contributed by atoms with E-state index in [9.17, 15) is 39.9 Å². The molecule has 0 unspecified atom stereocenters. The zero-order chi connectivity index (χ0) is 18.9. The standard InChI is InChI=1S/C13H11F8NO2/c1-2-24-10(23)11(14,15)9(22)7-5-6(12(16,17)18)3-4-8(7)13(19,20)21/h3-5,9H,2,22H2,1H3/t9-/m0/s1. The van der Waals surface area contributed by atoms with Gasteiger partial charge in [0, 0.05) is 0 Å². The monoisotopic (exact) mass is 365 g/mol. The van der Waals surface area contributed by atoms with Crippen LogP contribution in [0.4, 0.5) is 35.1 Å². The van der Waals surface area contributed by atoms with Gasteiger partial charge in [0.05, 0.1) is 17.7 Å². The molecule has 0 radical (unpaired) electrons. The molecule has 0 heterocycles. The average Bonchev–Trinajstić information content (AvgIpc) is 2.44. The van der Waals surface area contributed by atoms with E-state index in [1.165, 1.54) is 0 Å². The molecule has 24 heavy (non-hydrogen) atoms. The maximum atomic E-state index is 13.8. The maximum Gasteiger partial charge on any atom is 0.416 e. The van der Waals surface area contributed by atoms with Crippen molar-refractivity contribution in [2.24, 2.45) is 5.73 Å². The van der Waals surface area contributed by atoms with Gasteiger partial charge in [0.1, 0.15) is 6.04 Å². The van der Waals surface area contributed by atoms with Crippen LogP contribution in [0.15, 0.2) is 18.2 Å². The molecular formula is C13H11F8NO2. The number of hydrogen-bond acceptors (Lipinski definition) is 3. The lowest BCUT2D eigenvalue weighted by Crippen LogP contribution is -2.42. The SMILES string of the molecule is CCOC(=O)C(F)(F)[C@@H](N)c1cc(C(F)(F)F)ccc1C(F)(F)F. The number of carbonyl (C=O) groups is 1. The average molecular weight is 365 g/mol. The van der Waals surface area contributed by atoms with E-state index in [0.717, 1.165) is 6.92 Å². The fraction of sp³-hybridized carbons (Fsp3) is 0.462. The first kappa shape index (κ1) is 20.1. The zero-order valence-corrected chi connectivity index (χ0v) is 11.9. The van der Waals surface area contributed by atoms with E-state index in [1.807, 2.05) is 0 Å². The highest BCUT2D eigenvalue weighted by Gasteiger charge is 2.51. The van der Waals surface area contributed by atoms with Crippen LogP contribution in [0, 0.1) is 0 Å². The van der Waals surface area contributed by atoms with Crippen molar-refractivity contribution in [1.29, 1.82) is 0 Å². The maximum absolute atomic E-state index is 13.8. The van der Waals surface area contributed by atoms with Crippen molar-refractivity contribution < 1.29 is 44.7 Å². The molecule has 11 heteroatoms. The summed E-state index contributed by atoms with van der Waals surface area (Å²) in [7, 11) is 0. The molecule has 1 aromatic carbocycles. The Labute approximate surface area is 130 Å². The Morgan fingerprint density at radius 1 is 1.08 bits per heavy atom. The minimum atomic E-state index is -5.25. The third-order valence-electron chi connectivity index (χ3n) is 2.96. The summed E-state index contributed by atoms with van der Waals surface area (Å²) in [6.07, 6.45) is -10.3. The van der Waals surface area contributed by atoms with Gasteiger partial charge >= 0.3 is 24.2 Å². The molecule has 3 nitrogen and oxygen atoms in total. The molecule has 0 fully saturated rings. The molecule has 0 bridgehead atoms. The van der Waals surface area contributed by atoms with Crippen molar-refractivity contribution in [3.63, 3.8) is 0 Å². The van der Waals surface area contributed by atoms with Crippen LogP contribution >= 0.6 is 0 Å². The van der Waals surface area contributed by atoms with E-state index in [-0.39, 0.29) is 18.2 Å². The number of alkyl halides is 8. The van der Waals surface area contributed by atoms with Crippen molar-refractivity contribution in [1.82, 2.24) is 0 Å². The van der Waals surface area contributed by atoms with Gasteiger partial charge in [-0.2, -0.15) is 35.1 Å². The van der Waals surface area contributed by atoms with Crippen LogP contribution in [0.1, 0.15) is 29.7 Å². The molecule has 0 aliphatic rings. The lowest BCUT2D eigenvalue weighted by atomic mass is 9.93. The van der Waals surface area contributed by atoms with Gasteiger partial charge in [0.15, 0.2) is 0 Å². The smallest absolute Gasteiger partial charge is 0.416 e. The Bertz CT molecular complexity index is 609. The number of hydrogen-bond donors (Lipinski definition) is 1. The molecule has 0 saturated heterocycles. The summed E-state index contributed by atoms with van der Waals surface area (Å²) < 4.78 is 108. The van der Waals surface area contributed by atoms with Gasteiger partial charge in [-0.15, -0.1) is 0 Å². The van der Waals surface area contributed by atoms with E-state index >= 15 is 0 Å². The predicted octanol–water partition coefficient (Wildman–Crippen LogP) is 3.92. The number of ether oxygens (including phenoxy) is 1. The minimum Gasteiger partial charge on any atom is -0.462 e. The summed E-state index contributed by atoms with van der Waals surface area (Å²) in [4.78, 5) is 11.2. The molecule has 136 valence electrons. The van der Waals surface area contributed by atoms with Crippen molar-refractivity contribution >= 4 is 5.97 Å². The molecule has 0 aromatic heterocycles. The summed E-state index contributed by atoms with van der Waals surface area (Å²) in [5, 5.41) is 0. The van der Waals surface area contributed by atoms with E-state index in [1.54, 1.807) is 0 Å². The highest BCUT2D eigenvalue weighted by atomic mass is 19.4. The zero-order valence-electron chi connectivity index (χ0n) is 11.9. The van der Waals surface area contributed by atoms with Gasteiger partial charge in [-0.3, -0.25) is 0 Å². The summed E-state index contributed by atoms with van der Waals surface area (Å²) in [6.45, 7) is 0.640. The van der Waals surface area contributed by atoms with Crippen LogP contribution in [0.25, 0.3) is 0 Å². The van der Waals surface area contributed by atoms with Gasteiger partial charge < -0.3 is 10.5 Å². The van der Waals surface area contributed by atoms with Crippen molar-refractivity contribution in [3.8, 4) is 0 Å². The molecule has 1 rings (SSSR count). The first-order chi connectivity index (χ1) is 10.7. The number of nitrogens with two attached hydrogens (primary N) is 1. The van der Waals surface area contributed by atoms with Crippen LogP contribution in [0.5, 0.6) is 0 Å². The van der Waals surface area contributed by atoms with E-state index < -0.39 is 53.6 Å². The molecule has 0 saturated carbocycles. The summed E-state index contributed by atoms with van der Waals surface area (Å²) in [5.41, 5.74) is 0.0260. The number of halogens is 8. The van der Waals surface area contributed by atoms with Crippen molar-refractivity contribution in [2.75, 3.05) is 6.61 Å². The van der Waals surface area contributed by atoms with Crippen LogP contribution in [0.2, 0.25) is 0 Å². The second-order valence-electron chi connectivity index (χ2n) is 4.62. The van der Waals surface area contributed by atoms with Crippen LogP contribution in [0.3, 0.4) is 0 Å². The van der Waals surface area contributed by atoms with E-state index in [0.29, 0.717) is 0 Å². The lowest BCUT2D eigenvalue weighted by molar-refractivity contribution is -0.175. The molecule has 0 spiro atoms. The lowest BCUT2D eigenvalue weighted by Gasteiger charge is -2.25. The number of carbonyl (C=O) groups excluding carboxylic acids is 1. The molecule has 1 aromatic rings. The summed E-state index contributed by atoms with van der Waals surface area (Å²) in [5.74, 6) is -6.89. The highest BCUT2D eigenvalue weighted by molar-refractivity contribution is 5.79. The Kier molecular flexibility index (Phi) is 5.48. The van der Waals surface area contributed by atoms with E-state index in [4.69, 9.17) is 5.73 Å². The Morgan fingerprint density at radius 3 is 2.04 bits per heavy atom. The van der Waals surface area contributed by atoms with Gasteiger partial charge in [-0.25, -0.2) is 4.79 Å². The van der Waals surface area contributed by atoms with Gasteiger partial charge in [0.25, 0.3) is 0 Å². The normalized spacial score (nSPS) is 14.4. The molecule has 1 atom stereocenters. The molecule has 0 aliphatic carbocycles. The minimum absolute atomic E-state index is 0.0146. The highest BCUT2D eigenvalue weighted by Crippen LogP contribution is 2.41. The first-order valence-electron chi connectivity index (χ1n) is 6.31. The Morgan fingerprint density at radius 2 is 1.62 bits per heavy atom.